The summed E-state index contributed by atoms with van der Waals surface area (Å²) < 4.78 is 26.4. The molecule has 1 rings (SSSR count). The lowest BCUT2D eigenvalue weighted by Gasteiger charge is -2.14. The van der Waals surface area contributed by atoms with Gasteiger partial charge in [-0.05, 0) is 51.5 Å². The van der Waals surface area contributed by atoms with Crippen LogP contribution in [0.5, 0.6) is 0 Å². The van der Waals surface area contributed by atoms with Gasteiger partial charge in [0.1, 0.15) is 0 Å². The van der Waals surface area contributed by atoms with Crippen molar-refractivity contribution in [3.63, 3.8) is 0 Å². The van der Waals surface area contributed by atoms with Crippen molar-refractivity contribution in [2.45, 2.75) is 44.2 Å². The molecule has 0 bridgehead atoms. The smallest absolute Gasteiger partial charge is 0.240 e. The summed E-state index contributed by atoms with van der Waals surface area (Å²) in [5.74, 6) is 0. The van der Waals surface area contributed by atoms with Gasteiger partial charge >= 0.3 is 0 Å². The van der Waals surface area contributed by atoms with Gasteiger partial charge in [0, 0.05) is 17.8 Å². The van der Waals surface area contributed by atoms with Gasteiger partial charge in [-0.25, -0.2) is 13.1 Å². The van der Waals surface area contributed by atoms with E-state index in [1.54, 1.807) is 38.1 Å². The van der Waals surface area contributed by atoms with Crippen LogP contribution in [0, 0.1) is 0 Å². The third kappa shape index (κ3) is 5.04. The van der Waals surface area contributed by atoms with Crippen molar-refractivity contribution in [3.05, 3.63) is 36.9 Å². The highest BCUT2D eigenvalue weighted by molar-refractivity contribution is 7.89. The Morgan fingerprint density at radius 2 is 1.79 bits per heavy atom. The minimum absolute atomic E-state index is 0.115. The SMILES string of the molecule is C=CCC(C)Nc1ccc(S(=O)(=O)NC(C)C)cc1. The van der Waals surface area contributed by atoms with E-state index in [2.05, 4.69) is 16.6 Å². The molecule has 0 amide bonds. The molecule has 106 valence electrons. The molecule has 0 saturated heterocycles. The molecule has 0 saturated carbocycles. The predicted molar refractivity (Wildman–Crippen MR) is 79.8 cm³/mol. The number of nitrogens with one attached hydrogen (secondary N) is 2. The van der Waals surface area contributed by atoms with Crippen molar-refractivity contribution < 1.29 is 8.42 Å². The van der Waals surface area contributed by atoms with Crippen LogP contribution in [0.1, 0.15) is 27.2 Å². The summed E-state index contributed by atoms with van der Waals surface area (Å²) in [7, 11) is -3.41. The fourth-order valence-corrected chi connectivity index (χ4v) is 2.95. The minimum Gasteiger partial charge on any atom is -0.382 e. The van der Waals surface area contributed by atoms with Crippen molar-refractivity contribution in [1.82, 2.24) is 4.72 Å². The lowest BCUT2D eigenvalue weighted by atomic mass is 10.2. The van der Waals surface area contributed by atoms with Crippen LogP contribution in [0.25, 0.3) is 0 Å². The average molecular weight is 282 g/mol. The van der Waals surface area contributed by atoms with Crippen LogP contribution in [0.2, 0.25) is 0 Å². The molecule has 0 fully saturated rings. The molecule has 1 unspecified atom stereocenters. The van der Waals surface area contributed by atoms with Crippen molar-refractivity contribution in [2.24, 2.45) is 0 Å². The third-order valence-corrected chi connectivity index (χ3v) is 4.16. The number of anilines is 1. The molecule has 2 N–H and O–H groups in total. The zero-order valence-electron chi connectivity index (χ0n) is 11.7. The van der Waals surface area contributed by atoms with Crippen molar-refractivity contribution >= 4 is 15.7 Å². The maximum Gasteiger partial charge on any atom is 0.240 e. The standard InChI is InChI=1S/C14H22N2O2S/c1-5-6-12(4)15-13-7-9-14(10-8-13)19(17,18)16-11(2)3/h5,7-12,15-16H,1,6H2,2-4H3. The molecule has 1 atom stereocenters. The highest BCUT2D eigenvalue weighted by atomic mass is 32.2. The Kier molecular flexibility index (Phi) is 5.57. The quantitative estimate of drug-likeness (QED) is 0.756. The molecular weight excluding hydrogens is 260 g/mol. The van der Waals surface area contributed by atoms with Gasteiger partial charge in [-0.2, -0.15) is 0 Å². The highest BCUT2D eigenvalue weighted by Crippen LogP contribution is 2.15. The maximum absolute atomic E-state index is 11.9. The topological polar surface area (TPSA) is 58.2 Å². The second-order valence-corrected chi connectivity index (χ2v) is 6.58. The van der Waals surface area contributed by atoms with Gasteiger partial charge in [0.25, 0.3) is 0 Å². The molecule has 19 heavy (non-hydrogen) atoms. The van der Waals surface area contributed by atoms with E-state index < -0.39 is 10.0 Å². The van der Waals surface area contributed by atoms with E-state index in [1.807, 2.05) is 13.0 Å². The maximum atomic E-state index is 11.9. The van der Waals surface area contributed by atoms with Gasteiger partial charge in [0.05, 0.1) is 4.90 Å². The number of rotatable bonds is 7. The lowest BCUT2D eigenvalue weighted by molar-refractivity contribution is 0.570. The molecule has 0 aliphatic rings. The zero-order valence-corrected chi connectivity index (χ0v) is 12.5. The summed E-state index contributed by atoms with van der Waals surface area (Å²) in [6, 6.07) is 6.91. The van der Waals surface area contributed by atoms with Crippen molar-refractivity contribution in [1.29, 1.82) is 0 Å². The molecule has 0 heterocycles. The predicted octanol–water partition coefficient (Wildman–Crippen LogP) is 2.75. The minimum atomic E-state index is -3.41. The molecule has 0 radical (unpaired) electrons. The Morgan fingerprint density at radius 1 is 1.21 bits per heavy atom. The zero-order chi connectivity index (χ0) is 14.5. The van der Waals surface area contributed by atoms with E-state index in [4.69, 9.17) is 0 Å². The number of hydrogen-bond acceptors (Lipinski definition) is 3. The van der Waals surface area contributed by atoms with E-state index >= 15 is 0 Å². The molecule has 1 aromatic carbocycles. The van der Waals surface area contributed by atoms with E-state index in [1.165, 1.54) is 0 Å². The monoisotopic (exact) mass is 282 g/mol. The molecule has 0 aliphatic heterocycles. The Balaban J connectivity index is 2.79. The molecular formula is C14H22N2O2S. The normalized spacial score (nSPS) is 13.3. The van der Waals surface area contributed by atoms with Gasteiger partial charge in [0.15, 0.2) is 0 Å². The highest BCUT2D eigenvalue weighted by Gasteiger charge is 2.14. The van der Waals surface area contributed by atoms with Crippen LogP contribution >= 0.6 is 0 Å². The molecule has 1 aromatic rings. The summed E-state index contributed by atoms with van der Waals surface area (Å²) in [6.07, 6.45) is 2.71. The van der Waals surface area contributed by atoms with Gasteiger partial charge in [-0.3, -0.25) is 0 Å². The second-order valence-electron chi connectivity index (χ2n) is 4.87. The largest absolute Gasteiger partial charge is 0.382 e. The second kappa shape index (κ2) is 6.73. The fourth-order valence-electron chi connectivity index (χ4n) is 1.70. The first-order valence-electron chi connectivity index (χ1n) is 6.35. The average Bonchev–Trinajstić information content (AvgIpc) is 2.28. The Labute approximate surface area is 116 Å². The van der Waals surface area contributed by atoms with Crippen LogP contribution in [0.4, 0.5) is 5.69 Å². The third-order valence-electron chi connectivity index (χ3n) is 2.49. The van der Waals surface area contributed by atoms with Gasteiger partial charge in [0.2, 0.25) is 10.0 Å². The van der Waals surface area contributed by atoms with E-state index in [0.717, 1.165) is 12.1 Å². The first-order chi connectivity index (χ1) is 8.85. The van der Waals surface area contributed by atoms with E-state index in [0.29, 0.717) is 0 Å². The first-order valence-corrected chi connectivity index (χ1v) is 7.83. The van der Waals surface area contributed by atoms with Gasteiger partial charge in [-0.1, -0.05) is 6.08 Å². The molecule has 0 aromatic heterocycles. The van der Waals surface area contributed by atoms with Crippen molar-refractivity contribution in [2.75, 3.05) is 5.32 Å². The van der Waals surface area contributed by atoms with Crippen LogP contribution < -0.4 is 10.0 Å². The molecule has 0 spiro atoms. The fraction of sp³-hybridized carbons (Fsp3) is 0.429. The van der Waals surface area contributed by atoms with Crippen LogP contribution in [0.3, 0.4) is 0 Å². The van der Waals surface area contributed by atoms with Crippen LogP contribution in [-0.4, -0.2) is 20.5 Å². The van der Waals surface area contributed by atoms with Crippen LogP contribution in [0.15, 0.2) is 41.8 Å². The summed E-state index contributed by atoms with van der Waals surface area (Å²) in [5.41, 5.74) is 0.901. The Hall–Kier alpha value is -1.33. The summed E-state index contributed by atoms with van der Waals surface area (Å²) >= 11 is 0. The summed E-state index contributed by atoms with van der Waals surface area (Å²) in [4.78, 5) is 0.281. The number of benzene rings is 1. The Bertz CT molecular complexity index is 507. The summed E-state index contributed by atoms with van der Waals surface area (Å²) in [5, 5.41) is 3.28. The summed E-state index contributed by atoms with van der Waals surface area (Å²) in [6.45, 7) is 9.33. The van der Waals surface area contributed by atoms with Gasteiger partial charge in [-0.15, -0.1) is 6.58 Å². The lowest BCUT2D eigenvalue weighted by Crippen LogP contribution is -2.30. The molecule has 5 heteroatoms. The first kappa shape index (κ1) is 15.7. The number of sulfonamides is 1. The van der Waals surface area contributed by atoms with Crippen LogP contribution in [-0.2, 0) is 10.0 Å². The Morgan fingerprint density at radius 3 is 2.26 bits per heavy atom. The molecule has 0 aliphatic carbocycles. The van der Waals surface area contributed by atoms with E-state index in [-0.39, 0.29) is 17.0 Å². The van der Waals surface area contributed by atoms with Crippen molar-refractivity contribution in [3.8, 4) is 0 Å². The number of hydrogen-bond donors (Lipinski definition) is 2. The molecule has 4 nitrogen and oxygen atoms in total. The van der Waals surface area contributed by atoms with E-state index in [9.17, 15) is 8.42 Å². The van der Waals surface area contributed by atoms with Gasteiger partial charge < -0.3 is 5.32 Å².